The maximum absolute atomic E-state index is 4.78. The SMILES string of the molecule is CCNC(=NCC1CCC1)NC1CN(C(C)C)CC1C. The summed E-state index contributed by atoms with van der Waals surface area (Å²) in [5.74, 6) is 2.53. The predicted molar refractivity (Wildman–Crippen MR) is 86.1 cm³/mol. The van der Waals surface area contributed by atoms with E-state index < -0.39 is 0 Å². The molecule has 1 aliphatic heterocycles. The Morgan fingerprint density at radius 3 is 2.55 bits per heavy atom. The average Bonchev–Trinajstić information content (AvgIpc) is 2.69. The standard InChI is InChI=1S/C16H32N4/c1-5-17-16(18-9-14-7-6-8-14)19-15-11-20(12(2)3)10-13(15)4/h12-15H,5-11H2,1-4H3,(H2,17,18,19). The molecule has 2 aliphatic rings. The minimum Gasteiger partial charge on any atom is -0.357 e. The number of hydrogen-bond donors (Lipinski definition) is 2. The fourth-order valence-electron chi connectivity index (χ4n) is 3.01. The Kier molecular flexibility index (Phi) is 5.70. The van der Waals surface area contributed by atoms with Gasteiger partial charge in [0.05, 0.1) is 0 Å². The molecule has 0 radical (unpaired) electrons. The summed E-state index contributed by atoms with van der Waals surface area (Å²) >= 11 is 0. The zero-order chi connectivity index (χ0) is 14.5. The van der Waals surface area contributed by atoms with Crippen molar-refractivity contribution in [3.63, 3.8) is 0 Å². The summed E-state index contributed by atoms with van der Waals surface area (Å²) in [5, 5.41) is 7.05. The van der Waals surface area contributed by atoms with Crippen molar-refractivity contribution in [3.8, 4) is 0 Å². The zero-order valence-corrected chi connectivity index (χ0v) is 13.7. The Balaban J connectivity index is 1.86. The normalized spacial score (nSPS) is 28.8. The highest BCUT2D eigenvalue weighted by atomic mass is 15.3. The van der Waals surface area contributed by atoms with Crippen LogP contribution in [0.3, 0.4) is 0 Å². The number of aliphatic imine (C=N–C) groups is 1. The van der Waals surface area contributed by atoms with Crippen molar-refractivity contribution in [2.75, 3.05) is 26.2 Å². The number of hydrogen-bond acceptors (Lipinski definition) is 2. The molecular formula is C16H32N4. The summed E-state index contributed by atoms with van der Waals surface area (Å²) in [4.78, 5) is 7.33. The maximum atomic E-state index is 4.78. The largest absolute Gasteiger partial charge is 0.357 e. The van der Waals surface area contributed by atoms with Crippen LogP contribution < -0.4 is 10.6 Å². The molecule has 0 aromatic rings. The molecular weight excluding hydrogens is 248 g/mol. The van der Waals surface area contributed by atoms with Crippen LogP contribution in [0.2, 0.25) is 0 Å². The van der Waals surface area contributed by atoms with E-state index in [9.17, 15) is 0 Å². The zero-order valence-electron chi connectivity index (χ0n) is 13.7. The summed E-state index contributed by atoms with van der Waals surface area (Å²) in [6.45, 7) is 13.3. The van der Waals surface area contributed by atoms with Crippen molar-refractivity contribution < 1.29 is 0 Å². The van der Waals surface area contributed by atoms with Crippen LogP contribution in [0.1, 0.15) is 47.0 Å². The van der Waals surface area contributed by atoms with E-state index >= 15 is 0 Å². The molecule has 2 atom stereocenters. The van der Waals surface area contributed by atoms with Crippen LogP contribution in [0, 0.1) is 11.8 Å². The van der Waals surface area contributed by atoms with Gasteiger partial charge in [-0.1, -0.05) is 13.3 Å². The second kappa shape index (κ2) is 7.30. The smallest absolute Gasteiger partial charge is 0.191 e. The maximum Gasteiger partial charge on any atom is 0.191 e. The van der Waals surface area contributed by atoms with Gasteiger partial charge < -0.3 is 10.6 Å². The number of likely N-dealkylation sites (tertiary alicyclic amines) is 1. The highest BCUT2D eigenvalue weighted by Gasteiger charge is 2.31. The highest BCUT2D eigenvalue weighted by molar-refractivity contribution is 5.80. The third kappa shape index (κ3) is 4.11. The first kappa shape index (κ1) is 15.6. The van der Waals surface area contributed by atoms with Crippen LogP contribution in [-0.4, -0.2) is 49.1 Å². The predicted octanol–water partition coefficient (Wildman–Crippen LogP) is 2.07. The molecule has 1 heterocycles. The molecule has 4 heteroatoms. The second-order valence-corrected chi connectivity index (χ2v) is 6.79. The monoisotopic (exact) mass is 280 g/mol. The molecule has 1 saturated heterocycles. The van der Waals surface area contributed by atoms with Crippen molar-refractivity contribution in [2.45, 2.75) is 59.0 Å². The van der Waals surface area contributed by atoms with Crippen LogP contribution in [0.5, 0.6) is 0 Å². The Bertz CT molecular complexity index is 322. The van der Waals surface area contributed by atoms with E-state index in [-0.39, 0.29) is 0 Å². The first-order chi connectivity index (χ1) is 9.60. The van der Waals surface area contributed by atoms with Crippen LogP contribution in [0.15, 0.2) is 4.99 Å². The molecule has 2 fully saturated rings. The van der Waals surface area contributed by atoms with Gasteiger partial charge in [-0.05, 0) is 45.4 Å². The topological polar surface area (TPSA) is 39.7 Å². The molecule has 1 aliphatic carbocycles. The van der Waals surface area contributed by atoms with Gasteiger partial charge >= 0.3 is 0 Å². The summed E-state index contributed by atoms with van der Waals surface area (Å²) in [7, 11) is 0. The summed E-state index contributed by atoms with van der Waals surface area (Å²) < 4.78 is 0. The molecule has 2 unspecified atom stereocenters. The van der Waals surface area contributed by atoms with Gasteiger partial charge in [0.25, 0.3) is 0 Å². The number of guanidine groups is 1. The molecule has 116 valence electrons. The first-order valence-electron chi connectivity index (χ1n) is 8.39. The minimum atomic E-state index is 0.525. The molecule has 1 saturated carbocycles. The molecule has 4 nitrogen and oxygen atoms in total. The summed E-state index contributed by atoms with van der Waals surface area (Å²) in [5.41, 5.74) is 0. The van der Waals surface area contributed by atoms with E-state index in [0.717, 1.165) is 31.5 Å². The minimum absolute atomic E-state index is 0.525. The Morgan fingerprint density at radius 1 is 1.30 bits per heavy atom. The van der Waals surface area contributed by atoms with E-state index in [1.54, 1.807) is 0 Å². The average molecular weight is 280 g/mol. The molecule has 0 aromatic carbocycles. The molecule has 0 aromatic heterocycles. The molecule has 2 N–H and O–H groups in total. The molecule has 0 spiro atoms. The number of rotatable bonds is 5. The van der Waals surface area contributed by atoms with Gasteiger partial charge in [0.1, 0.15) is 0 Å². The van der Waals surface area contributed by atoms with Crippen molar-refractivity contribution in [1.29, 1.82) is 0 Å². The first-order valence-corrected chi connectivity index (χ1v) is 8.39. The van der Waals surface area contributed by atoms with Crippen molar-refractivity contribution >= 4 is 5.96 Å². The van der Waals surface area contributed by atoms with Gasteiger partial charge in [-0.2, -0.15) is 0 Å². The summed E-state index contributed by atoms with van der Waals surface area (Å²) in [6, 6.07) is 1.16. The lowest BCUT2D eigenvalue weighted by molar-refractivity contribution is 0.265. The second-order valence-electron chi connectivity index (χ2n) is 6.79. The quantitative estimate of drug-likeness (QED) is 0.598. The lowest BCUT2D eigenvalue weighted by Gasteiger charge is -2.25. The van der Waals surface area contributed by atoms with E-state index in [1.807, 2.05) is 0 Å². The van der Waals surface area contributed by atoms with Gasteiger partial charge in [0.2, 0.25) is 0 Å². The Hall–Kier alpha value is -0.770. The van der Waals surface area contributed by atoms with Gasteiger partial charge in [-0.3, -0.25) is 9.89 Å². The van der Waals surface area contributed by atoms with Gasteiger partial charge in [0, 0.05) is 38.3 Å². The van der Waals surface area contributed by atoms with Gasteiger partial charge in [-0.15, -0.1) is 0 Å². The van der Waals surface area contributed by atoms with E-state index in [2.05, 4.69) is 43.2 Å². The van der Waals surface area contributed by atoms with Crippen LogP contribution >= 0.6 is 0 Å². The summed E-state index contributed by atoms with van der Waals surface area (Å²) in [6.07, 6.45) is 4.13. The van der Waals surface area contributed by atoms with Crippen LogP contribution in [0.4, 0.5) is 0 Å². The fraction of sp³-hybridized carbons (Fsp3) is 0.938. The lowest BCUT2D eigenvalue weighted by atomic mass is 9.86. The Morgan fingerprint density at radius 2 is 2.05 bits per heavy atom. The fourth-order valence-corrected chi connectivity index (χ4v) is 3.01. The van der Waals surface area contributed by atoms with Crippen LogP contribution in [0.25, 0.3) is 0 Å². The van der Waals surface area contributed by atoms with Crippen molar-refractivity contribution in [1.82, 2.24) is 15.5 Å². The van der Waals surface area contributed by atoms with Crippen LogP contribution in [-0.2, 0) is 0 Å². The van der Waals surface area contributed by atoms with Crippen molar-refractivity contribution in [2.24, 2.45) is 16.8 Å². The molecule has 0 amide bonds. The molecule has 2 rings (SSSR count). The number of nitrogens with one attached hydrogen (secondary N) is 2. The number of nitrogens with zero attached hydrogens (tertiary/aromatic N) is 2. The molecule has 0 bridgehead atoms. The Labute approximate surface area is 124 Å². The highest BCUT2D eigenvalue weighted by Crippen LogP contribution is 2.26. The van der Waals surface area contributed by atoms with E-state index in [4.69, 9.17) is 4.99 Å². The molecule has 20 heavy (non-hydrogen) atoms. The van der Waals surface area contributed by atoms with E-state index in [0.29, 0.717) is 18.0 Å². The third-order valence-electron chi connectivity index (χ3n) is 4.77. The lowest BCUT2D eigenvalue weighted by Crippen LogP contribution is -2.47. The van der Waals surface area contributed by atoms with Crippen molar-refractivity contribution in [3.05, 3.63) is 0 Å². The van der Waals surface area contributed by atoms with Gasteiger partial charge in [0.15, 0.2) is 5.96 Å². The van der Waals surface area contributed by atoms with E-state index in [1.165, 1.54) is 25.8 Å². The third-order valence-corrected chi connectivity index (χ3v) is 4.77. The van der Waals surface area contributed by atoms with Gasteiger partial charge in [-0.25, -0.2) is 0 Å².